The van der Waals surface area contributed by atoms with Crippen molar-refractivity contribution in [2.75, 3.05) is 5.73 Å². The summed E-state index contributed by atoms with van der Waals surface area (Å²) >= 11 is 0. The van der Waals surface area contributed by atoms with E-state index >= 15 is 0 Å². The number of anilines is 1. The zero-order valence-electron chi connectivity index (χ0n) is 8.58. The number of hydrogen-bond acceptors (Lipinski definition) is 4. The van der Waals surface area contributed by atoms with Crippen LogP contribution in [0.1, 0.15) is 5.56 Å². The summed E-state index contributed by atoms with van der Waals surface area (Å²) < 4.78 is 2.44. The van der Waals surface area contributed by atoms with Gasteiger partial charge in [-0.25, -0.2) is 14.0 Å². The first-order valence-corrected chi connectivity index (χ1v) is 4.55. The molecule has 6 nitrogen and oxygen atoms in total. The predicted molar refractivity (Wildman–Crippen MR) is 57.9 cm³/mol. The molecule has 80 valence electrons. The molecule has 0 saturated heterocycles. The summed E-state index contributed by atoms with van der Waals surface area (Å²) in [5, 5.41) is 12.5. The standard InChI is InChI=1S/C10H9N5O/c1-14-10(16)15(9(12)13-14)8-4-2-7(6-11)3-5-8/h2-5H,1H3,(H2,12,13). The maximum atomic E-state index is 11.7. The van der Waals surface area contributed by atoms with Crippen LogP contribution >= 0.6 is 0 Å². The van der Waals surface area contributed by atoms with E-state index in [1.165, 1.54) is 11.6 Å². The minimum atomic E-state index is -0.317. The molecule has 0 spiro atoms. The number of aromatic nitrogens is 3. The van der Waals surface area contributed by atoms with Crippen LogP contribution < -0.4 is 11.4 Å². The van der Waals surface area contributed by atoms with E-state index < -0.39 is 0 Å². The van der Waals surface area contributed by atoms with E-state index in [4.69, 9.17) is 11.0 Å². The molecule has 0 aliphatic rings. The van der Waals surface area contributed by atoms with Crippen LogP contribution in [-0.2, 0) is 7.05 Å². The van der Waals surface area contributed by atoms with Gasteiger partial charge in [0.05, 0.1) is 17.3 Å². The molecule has 0 bridgehead atoms. The van der Waals surface area contributed by atoms with E-state index in [0.29, 0.717) is 11.3 Å². The van der Waals surface area contributed by atoms with Crippen LogP contribution in [-0.4, -0.2) is 14.3 Å². The first-order chi connectivity index (χ1) is 7.63. The summed E-state index contributed by atoms with van der Waals surface area (Å²) in [6.07, 6.45) is 0. The SMILES string of the molecule is Cn1nc(N)n(-c2ccc(C#N)cc2)c1=O. The zero-order valence-corrected chi connectivity index (χ0v) is 8.58. The van der Waals surface area contributed by atoms with Gasteiger partial charge in [0.1, 0.15) is 0 Å². The molecule has 0 unspecified atom stereocenters. The van der Waals surface area contributed by atoms with Crippen LogP contribution in [0.4, 0.5) is 5.95 Å². The highest BCUT2D eigenvalue weighted by Crippen LogP contribution is 2.09. The third-order valence-corrected chi connectivity index (χ3v) is 2.20. The Hall–Kier alpha value is -2.55. The first-order valence-electron chi connectivity index (χ1n) is 4.55. The minimum absolute atomic E-state index is 0.122. The average Bonchev–Trinajstić information content (AvgIpc) is 2.54. The number of nitrogens with zero attached hydrogens (tertiary/aromatic N) is 4. The Kier molecular flexibility index (Phi) is 2.21. The molecular weight excluding hydrogens is 206 g/mol. The third-order valence-electron chi connectivity index (χ3n) is 2.20. The van der Waals surface area contributed by atoms with Gasteiger partial charge in [-0.3, -0.25) is 0 Å². The van der Waals surface area contributed by atoms with Crippen molar-refractivity contribution in [1.29, 1.82) is 5.26 Å². The van der Waals surface area contributed by atoms with Crippen LogP contribution in [0.5, 0.6) is 0 Å². The van der Waals surface area contributed by atoms with Gasteiger partial charge in [-0.1, -0.05) is 0 Å². The highest BCUT2D eigenvalue weighted by molar-refractivity contribution is 5.42. The van der Waals surface area contributed by atoms with Gasteiger partial charge < -0.3 is 5.73 Å². The normalized spacial score (nSPS) is 10.0. The second kappa shape index (κ2) is 3.55. The number of benzene rings is 1. The highest BCUT2D eigenvalue weighted by Gasteiger charge is 2.09. The van der Waals surface area contributed by atoms with E-state index in [-0.39, 0.29) is 11.6 Å². The molecule has 16 heavy (non-hydrogen) atoms. The summed E-state index contributed by atoms with van der Waals surface area (Å²) in [5.74, 6) is 0.122. The molecule has 2 rings (SSSR count). The Morgan fingerprint density at radius 2 is 2.00 bits per heavy atom. The largest absolute Gasteiger partial charge is 0.368 e. The number of nitrogens with two attached hydrogens (primary N) is 1. The van der Waals surface area contributed by atoms with Gasteiger partial charge in [-0.15, -0.1) is 5.10 Å². The van der Waals surface area contributed by atoms with Crippen LogP contribution in [0.25, 0.3) is 5.69 Å². The van der Waals surface area contributed by atoms with Crippen molar-refractivity contribution >= 4 is 5.95 Å². The van der Waals surface area contributed by atoms with Crippen molar-refractivity contribution in [3.63, 3.8) is 0 Å². The van der Waals surface area contributed by atoms with Crippen LogP contribution in [0.15, 0.2) is 29.1 Å². The lowest BCUT2D eigenvalue weighted by Crippen LogP contribution is -2.21. The summed E-state index contributed by atoms with van der Waals surface area (Å²) in [4.78, 5) is 11.7. The lowest BCUT2D eigenvalue weighted by molar-refractivity contribution is 0.727. The topological polar surface area (TPSA) is 89.6 Å². The third kappa shape index (κ3) is 1.44. The highest BCUT2D eigenvalue weighted by atomic mass is 16.2. The van der Waals surface area contributed by atoms with Crippen molar-refractivity contribution < 1.29 is 0 Å². The summed E-state index contributed by atoms with van der Waals surface area (Å²) in [7, 11) is 1.53. The molecule has 1 aromatic carbocycles. The zero-order chi connectivity index (χ0) is 11.7. The Morgan fingerprint density at radius 1 is 1.38 bits per heavy atom. The number of hydrogen-bond donors (Lipinski definition) is 1. The van der Waals surface area contributed by atoms with Crippen molar-refractivity contribution in [1.82, 2.24) is 14.3 Å². The fourth-order valence-corrected chi connectivity index (χ4v) is 1.41. The van der Waals surface area contributed by atoms with Crippen molar-refractivity contribution in [3.05, 3.63) is 40.3 Å². The maximum Gasteiger partial charge on any atom is 0.351 e. The van der Waals surface area contributed by atoms with Crippen LogP contribution in [0.3, 0.4) is 0 Å². The summed E-state index contributed by atoms with van der Waals surface area (Å²) in [6, 6.07) is 8.54. The van der Waals surface area contributed by atoms with Crippen molar-refractivity contribution in [2.45, 2.75) is 0 Å². The molecule has 1 heterocycles. The molecule has 0 saturated carbocycles. The molecule has 1 aromatic heterocycles. The van der Waals surface area contributed by atoms with Gasteiger partial charge in [0, 0.05) is 7.05 Å². The maximum absolute atomic E-state index is 11.7. The Bertz CT molecular complexity index is 614. The number of rotatable bonds is 1. The predicted octanol–water partition coefficient (Wildman–Crippen LogP) is 0.0249. The van der Waals surface area contributed by atoms with E-state index in [0.717, 1.165) is 4.68 Å². The first kappa shape index (κ1) is 9.98. The number of nitrogen functional groups attached to an aromatic ring is 1. The molecule has 0 aliphatic heterocycles. The van der Waals surface area contributed by atoms with Gasteiger partial charge in [0.2, 0.25) is 5.95 Å². The lowest BCUT2D eigenvalue weighted by atomic mass is 10.2. The molecule has 6 heteroatoms. The quantitative estimate of drug-likeness (QED) is 0.726. The van der Waals surface area contributed by atoms with Gasteiger partial charge in [0.25, 0.3) is 0 Å². The van der Waals surface area contributed by atoms with Gasteiger partial charge in [-0.05, 0) is 24.3 Å². The van der Waals surface area contributed by atoms with Crippen LogP contribution in [0.2, 0.25) is 0 Å². The Balaban J connectivity index is 2.60. The fraction of sp³-hybridized carbons (Fsp3) is 0.100. The molecular formula is C10H9N5O. The summed E-state index contributed by atoms with van der Waals surface area (Å²) in [6.45, 7) is 0. The second-order valence-electron chi connectivity index (χ2n) is 3.26. The monoisotopic (exact) mass is 215 g/mol. The average molecular weight is 215 g/mol. The van der Waals surface area contributed by atoms with Crippen molar-refractivity contribution in [2.24, 2.45) is 7.05 Å². The Morgan fingerprint density at radius 3 is 2.44 bits per heavy atom. The van der Waals surface area contributed by atoms with Crippen molar-refractivity contribution in [3.8, 4) is 11.8 Å². The van der Waals surface area contributed by atoms with Gasteiger partial charge in [-0.2, -0.15) is 5.26 Å². The summed E-state index contributed by atoms with van der Waals surface area (Å²) in [5.41, 5.74) is 6.41. The van der Waals surface area contributed by atoms with E-state index in [1.54, 1.807) is 24.3 Å². The molecule has 2 N–H and O–H groups in total. The molecule has 0 fully saturated rings. The van der Waals surface area contributed by atoms with E-state index in [9.17, 15) is 4.79 Å². The Labute approximate surface area is 91.1 Å². The number of nitriles is 1. The molecule has 0 atom stereocenters. The van der Waals surface area contributed by atoms with Gasteiger partial charge >= 0.3 is 5.69 Å². The fourth-order valence-electron chi connectivity index (χ4n) is 1.41. The second-order valence-corrected chi connectivity index (χ2v) is 3.26. The minimum Gasteiger partial charge on any atom is -0.368 e. The lowest BCUT2D eigenvalue weighted by Gasteiger charge is -2.01. The molecule has 0 radical (unpaired) electrons. The van der Waals surface area contributed by atoms with E-state index in [1.807, 2.05) is 6.07 Å². The molecule has 0 amide bonds. The van der Waals surface area contributed by atoms with Gasteiger partial charge in [0.15, 0.2) is 0 Å². The van der Waals surface area contributed by atoms with E-state index in [2.05, 4.69) is 5.10 Å². The molecule has 0 aliphatic carbocycles. The van der Waals surface area contributed by atoms with Crippen LogP contribution in [0, 0.1) is 11.3 Å². The smallest absolute Gasteiger partial charge is 0.351 e. The molecule has 2 aromatic rings. The number of aryl methyl sites for hydroxylation is 1.